The average molecular weight is 367 g/mol. The van der Waals surface area contributed by atoms with Gasteiger partial charge in [-0.15, -0.1) is 0 Å². The molecule has 2 heterocycles. The van der Waals surface area contributed by atoms with Crippen molar-refractivity contribution in [1.29, 1.82) is 0 Å². The fourth-order valence-electron chi connectivity index (χ4n) is 1.65. The van der Waals surface area contributed by atoms with E-state index in [2.05, 4.69) is 27.6 Å². The number of fused-ring (bicyclic) bond motifs is 1. The zero-order valence-corrected chi connectivity index (χ0v) is 11.6. The van der Waals surface area contributed by atoms with Crippen LogP contribution < -0.4 is 5.63 Å². The lowest BCUT2D eigenvalue weighted by Gasteiger charge is -1.99. The van der Waals surface area contributed by atoms with Crippen LogP contribution in [0.2, 0.25) is 0 Å². The maximum atomic E-state index is 12.0. The zero-order chi connectivity index (χ0) is 13.4. The quantitative estimate of drug-likeness (QED) is 0.514. The minimum atomic E-state index is -0.585. The van der Waals surface area contributed by atoms with E-state index in [1.807, 2.05) is 0 Å². The molecule has 0 aliphatic carbocycles. The number of ketones is 1. The number of hydrogen-bond acceptors (Lipinski definition) is 5. The smallest absolute Gasteiger partial charge is 0.347 e. The third-order valence-electron chi connectivity index (χ3n) is 2.53. The molecule has 0 aliphatic heterocycles. The van der Waals surface area contributed by atoms with Crippen molar-refractivity contribution in [3.63, 3.8) is 0 Å². The summed E-state index contributed by atoms with van der Waals surface area (Å²) in [5.74, 6) is -0.739. The van der Waals surface area contributed by atoms with Gasteiger partial charge in [0.1, 0.15) is 0 Å². The molecule has 0 saturated heterocycles. The van der Waals surface area contributed by atoms with E-state index < -0.39 is 11.4 Å². The zero-order valence-electron chi connectivity index (χ0n) is 9.42. The van der Waals surface area contributed by atoms with Gasteiger partial charge in [0.2, 0.25) is 0 Å². The van der Waals surface area contributed by atoms with Crippen molar-refractivity contribution in [3.05, 3.63) is 62.2 Å². The molecule has 5 nitrogen and oxygen atoms in total. The first-order valence-electron chi connectivity index (χ1n) is 5.34. The Morgan fingerprint density at radius 2 is 2.11 bits per heavy atom. The number of rotatable bonds is 2. The summed E-state index contributed by atoms with van der Waals surface area (Å²) in [7, 11) is 0. The number of halogens is 1. The SMILES string of the molecule is O=C(c1ccco1)c1nc2ccc(I)cc2c(=O)o1. The van der Waals surface area contributed by atoms with Crippen LogP contribution in [0, 0.1) is 3.57 Å². The fourth-order valence-corrected chi connectivity index (χ4v) is 2.15. The first kappa shape index (κ1) is 12.1. The number of carbonyl (C=O) groups excluding carboxylic acids is 1. The molecule has 94 valence electrons. The molecule has 6 heteroatoms. The Morgan fingerprint density at radius 1 is 1.26 bits per heavy atom. The van der Waals surface area contributed by atoms with E-state index in [0.29, 0.717) is 10.9 Å². The van der Waals surface area contributed by atoms with Crippen LogP contribution >= 0.6 is 22.6 Å². The van der Waals surface area contributed by atoms with E-state index in [4.69, 9.17) is 8.83 Å². The van der Waals surface area contributed by atoms with Crippen LogP contribution in [0.5, 0.6) is 0 Å². The predicted octanol–water partition coefficient (Wildman–Crippen LogP) is 2.62. The highest BCUT2D eigenvalue weighted by molar-refractivity contribution is 14.1. The van der Waals surface area contributed by atoms with E-state index in [1.54, 1.807) is 24.3 Å². The molecule has 3 aromatic rings. The number of furan rings is 1. The molecule has 0 spiro atoms. The number of aromatic nitrogens is 1. The van der Waals surface area contributed by atoms with Crippen molar-refractivity contribution in [3.8, 4) is 0 Å². The summed E-state index contributed by atoms with van der Waals surface area (Å²) in [5.41, 5.74) is -0.162. The lowest BCUT2D eigenvalue weighted by Crippen LogP contribution is -2.10. The molecule has 0 aliphatic rings. The minimum absolute atomic E-state index is 0.0838. The van der Waals surface area contributed by atoms with E-state index in [-0.39, 0.29) is 11.7 Å². The Bertz CT molecular complexity index is 820. The van der Waals surface area contributed by atoms with E-state index >= 15 is 0 Å². The highest BCUT2D eigenvalue weighted by Gasteiger charge is 2.18. The van der Waals surface area contributed by atoms with Gasteiger partial charge < -0.3 is 8.83 Å². The normalized spacial score (nSPS) is 10.8. The van der Waals surface area contributed by atoms with Crippen LogP contribution in [0.4, 0.5) is 0 Å². The number of nitrogens with zero attached hydrogens (tertiary/aromatic N) is 1. The van der Waals surface area contributed by atoms with Gasteiger partial charge in [-0.3, -0.25) is 4.79 Å². The summed E-state index contributed by atoms with van der Waals surface area (Å²) in [6.07, 6.45) is 1.37. The van der Waals surface area contributed by atoms with Crippen molar-refractivity contribution in [1.82, 2.24) is 4.98 Å². The van der Waals surface area contributed by atoms with E-state index in [9.17, 15) is 9.59 Å². The molecular weight excluding hydrogens is 361 g/mol. The molecule has 0 atom stereocenters. The first-order chi connectivity index (χ1) is 9.15. The highest BCUT2D eigenvalue weighted by Crippen LogP contribution is 2.14. The van der Waals surface area contributed by atoms with Crippen LogP contribution in [0.25, 0.3) is 10.9 Å². The monoisotopic (exact) mass is 367 g/mol. The molecule has 1 aromatic carbocycles. The summed E-state index contributed by atoms with van der Waals surface area (Å²) in [6.45, 7) is 0. The summed E-state index contributed by atoms with van der Waals surface area (Å²) < 4.78 is 10.8. The van der Waals surface area contributed by atoms with Crippen molar-refractivity contribution in [2.75, 3.05) is 0 Å². The third-order valence-corrected chi connectivity index (χ3v) is 3.20. The summed E-state index contributed by atoms with van der Waals surface area (Å²) in [4.78, 5) is 27.9. The Hall–Kier alpha value is -1.96. The van der Waals surface area contributed by atoms with Gasteiger partial charge in [-0.05, 0) is 52.9 Å². The molecule has 0 fully saturated rings. The Labute approximate surface area is 120 Å². The summed E-state index contributed by atoms with van der Waals surface area (Å²) >= 11 is 2.08. The second kappa shape index (κ2) is 4.61. The van der Waals surface area contributed by atoms with Crippen molar-refractivity contribution < 1.29 is 13.6 Å². The molecule has 3 rings (SSSR count). The maximum Gasteiger partial charge on any atom is 0.347 e. The van der Waals surface area contributed by atoms with Crippen LogP contribution in [0.3, 0.4) is 0 Å². The molecule has 19 heavy (non-hydrogen) atoms. The molecule has 0 N–H and O–H groups in total. The topological polar surface area (TPSA) is 73.3 Å². The predicted molar refractivity (Wildman–Crippen MR) is 75.1 cm³/mol. The Kier molecular flexibility index (Phi) is 2.94. The van der Waals surface area contributed by atoms with Crippen LogP contribution in [0.1, 0.15) is 16.4 Å². The van der Waals surface area contributed by atoms with Gasteiger partial charge in [-0.25, -0.2) is 9.78 Å². The largest absolute Gasteiger partial charge is 0.461 e. The van der Waals surface area contributed by atoms with Gasteiger partial charge in [0.15, 0.2) is 5.76 Å². The molecule has 0 bridgehead atoms. The second-order valence-corrected chi connectivity index (χ2v) is 5.02. The molecule has 0 saturated carbocycles. The highest BCUT2D eigenvalue weighted by atomic mass is 127. The number of benzene rings is 1. The number of carbonyl (C=O) groups is 1. The average Bonchev–Trinajstić information content (AvgIpc) is 2.92. The van der Waals surface area contributed by atoms with Crippen LogP contribution in [-0.4, -0.2) is 10.8 Å². The lowest BCUT2D eigenvalue weighted by molar-refractivity contribution is 0.0971. The molecule has 0 radical (unpaired) electrons. The van der Waals surface area contributed by atoms with Gasteiger partial charge in [0, 0.05) is 3.57 Å². The lowest BCUT2D eigenvalue weighted by atomic mass is 10.2. The second-order valence-electron chi connectivity index (χ2n) is 3.77. The van der Waals surface area contributed by atoms with Gasteiger partial charge >= 0.3 is 5.63 Å². The summed E-state index contributed by atoms with van der Waals surface area (Å²) in [5, 5.41) is 0.350. The third kappa shape index (κ3) is 2.19. The molecular formula is C13H6INO4. The molecule has 0 amide bonds. The van der Waals surface area contributed by atoms with Crippen molar-refractivity contribution in [2.24, 2.45) is 0 Å². The van der Waals surface area contributed by atoms with Gasteiger partial charge in [-0.1, -0.05) is 0 Å². The number of hydrogen-bond donors (Lipinski definition) is 0. The summed E-state index contributed by atoms with van der Waals surface area (Å²) in [6, 6.07) is 8.20. The minimum Gasteiger partial charge on any atom is -0.461 e. The molecule has 0 unspecified atom stereocenters. The van der Waals surface area contributed by atoms with E-state index in [1.165, 1.54) is 12.3 Å². The van der Waals surface area contributed by atoms with Crippen LogP contribution in [0.15, 0.2) is 50.2 Å². The van der Waals surface area contributed by atoms with Gasteiger partial charge in [-0.2, -0.15) is 0 Å². The fraction of sp³-hybridized carbons (Fsp3) is 0. The maximum absolute atomic E-state index is 12.0. The molecule has 2 aromatic heterocycles. The van der Waals surface area contributed by atoms with Crippen molar-refractivity contribution in [2.45, 2.75) is 0 Å². The first-order valence-corrected chi connectivity index (χ1v) is 6.41. The standard InChI is InChI=1S/C13H6INO4/c14-7-3-4-9-8(6-7)13(17)19-12(15-9)11(16)10-2-1-5-18-10/h1-6H. The Morgan fingerprint density at radius 3 is 2.84 bits per heavy atom. The Balaban J connectivity index is 2.19. The van der Waals surface area contributed by atoms with Gasteiger partial charge in [0.25, 0.3) is 11.7 Å². The van der Waals surface area contributed by atoms with Crippen molar-refractivity contribution >= 4 is 39.3 Å². The van der Waals surface area contributed by atoms with E-state index in [0.717, 1.165) is 3.57 Å². The van der Waals surface area contributed by atoms with Crippen LogP contribution in [-0.2, 0) is 0 Å². The van der Waals surface area contributed by atoms with Gasteiger partial charge in [0.05, 0.1) is 17.2 Å².